The summed E-state index contributed by atoms with van der Waals surface area (Å²) in [7, 11) is -8.38. The van der Waals surface area contributed by atoms with Crippen molar-refractivity contribution in [3.63, 3.8) is 0 Å². The van der Waals surface area contributed by atoms with E-state index in [-0.39, 0.29) is 15.6 Å². The van der Waals surface area contributed by atoms with Gasteiger partial charge in [-0.15, -0.1) is 0 Å². The second-order valence-electron chi connectivity index (χ2n) is 4.19. The van der Waals surface area contributed by atoms with Gasteiger partial charge in [0.1, 0.15) is 4.90 Å². The van der Waals surface area contributed by atoms with E-state index in [1.807, 2.05) is 0 Å². The van der Waals surface area contributed by atoms with Crippen molar-refractivity contribution in [1.29, 1.82) is 0 Å². The highest BCUT2D eigenvalue weighted by Crippen LogP contribution is 2.32. The highest BCUT2D eigenvalue weighted by molar-refractivity contribution is 7.93. The van der Waals surface area contributed by atoms with Crippen LogP contribution in [-0.4, -0.2) is 16.8 Å². The number of halogens is 1. The van der Waals surface area contributed by atoms with E-state index in [1.54, 1.807) is 0 Å². The lowest BCUT2D eigenvalue weighted by atomic mass is 10.3. The van der Waals surface area contributed by atoms with Crippen molar-refractivity contribution in [2.45, 2.75) is 14.7 Å². The predicted molar refractivity (Wildman–Crippen MR) is 79.1 cm³/mol. The molecular formula is C12H11ClN2O4S2. The van der Waals surface area contributed by atoms with Gasteiger partial charge < -0.3 is 5.73 Å². The molecule has 0 saturated carbocycles. The molecule has 4 N–H and O–H groups in total. The van der Waals surface area contributed by atoms with Crippen LogP contribution in [0.5, 0.6) is 0 Å². The van der Waals surface area contributed by atoms with Gasteiger partial charge in [0, 0.05) is 5.69 Å². The minimum Gasteiger partial charge on any atom is -0.399 e. The number of hydrogen-bond donors (Lipinski definition) is 2. The number of nitrogen functional groups attached to an aromatic ring is 1. The molecule has 0 radical (unpaired) electrons. The SMILES string of the molecule is Nc1ccc(Cl)c(S(=O)(=O)c2ccccc2S(N)(=O)=O)c1. The first kappa shape index (κ1) is 15.8. The van der Waals surface area contributed by atoms with E-state index in [0.29, 0.717) is 0 Å². The number of primary sulfonamides is 1. The number of anilines is 1. The molecule has 0 aliphatic carbocycles. The molecule has 21 heavy (non-hydrogen) atoms. The minimum atomic E-state index is -4.20. The zero-order valence-electron chi connectivity index (χ0n) is 10.5. The zero-order chi connectivity index (χ0) is 15.8. The lowest BCUT2D eigenvalue weighted by Gasteiger charge is -2.10. The molecule has 0 spiro atoms. The lowest BCUT2D eigenvalue weighted by molar-refractivity contribution is 0.583. The van der Waals surface area contributed by atoms with E-state index in [9.17, 15) is 16.8 Å². The topological polar surface area (TPSA) is 120 Å². The van der Waals surface area contributed by atoms with E-state index < -0.39 is 29.7 Å². The molecule has 0 aromatic heterocycles. The van der Waals surface area contributed by atoms with Gasteiger partial charge >= 0.3 is 0 Å². The Hall–Kier alpha value is -1.61. The lowest BCUT2D eigenvalue weighted by Crippen LogP contribution is -2.17. The molecule has 0 heterocycles. The Morgan fingerprint density at radius 3 is 2.00 bits per heavy atom. The molecule has 0 atom stereocenters. The van der Waals surface area contributed by atoms with Gasteiger partial charge in [0.25, 0.3) is 0 Å². The first-order chi connectivity index (χ1) is 9.64. The standard InChI is InChI=1S/C12H11ClN2O4S2/c13-9-6-5-8(14)7-12(9)20(16,17)10-3-1-2-4-11(10)21(15,18)19/h1-7H,14H2,(H2,15,18,19). The molecule has 112 valence electrons. The molecule has 0 amide bonds. The largest absolute Gasteiger partial charge is 0.399 e. The monoisotopic (exact) mass is 346 g/mol. The van der Waals surface area contributed by atoms with E-state index in [0.717, 1.165) is 18.2 Å². The molecule has 2 aromatic rings. The molecule has 0 fully saturated rings. The van der Waals surface area contributed by atoms with Crippen molar-refractivity contribution in [3.05, 3.63) is 47.5 Å². The maximum absolute atomic E-state index is 12.6. The predicted octanol–water partition coefficient (Wildman–Crippen LogP) is 1.40. The first-order valence-electron chi connectivity index (χ1n) is 5.56. The summed E-state index contributed by atoms with van der Waals surface area (Å²) in [4.78, 5) is -1.22. The van der Waals surface area contributed by atoms with Crippen LogP contribution in [0.4, 0.5) is 5.69 Å². The van der Waals surface area contributed by atoms with Crippen LogP contribution < -0.4 is 10.9 Å². The molecule has 0 aliphatic rings. The van der Waals surface area contributed by atoms with E-state index in [2.05, 4.69) is 0 Å². The van der Waals surface area contributed by atoms with E-state index in [1.165, 1.54) is 24.3 Å². The third kappa shape index (κ3) is 3.03. The van der Waals surface area contributed by atoms with Gasteiger partial charge in [-0.05, 0) is 30.3 Å². The molecule has 2 aromatic carbocycles. The maximum Gasteiger partial charge on any atom is 0.239 e. The summed E-state index contributed by atoms with van der Waals surface area (Å²) >= 11 is 5.88. The van der Waals surface area contributed by atoms with Crippen LogP contribution in [-0.2, 0) is 19.9 Å². The smallest absolute Gasteiger partial charge is 0.239 e. The summed E-state index contributed by atoms with van der Waals surface area (Å²) in [6.45, 7) is 0. The quantitative estimate of drug-likeness (QED) is 0.814. The van der Waals surface area contributed by atoms with Crippen molar-refractivity contribution in [2.75, 3.05) is 5.73 Å². The fourth-order valence-electron chi connectivity index (χ4n) is 1.75. The van der Waals surface area contributed by atoms with Gasteiger partial charge in [0.2, 0.25) is 19.9 Å². The van der Waals surface area contributed by atoms with Gasteiger partial charge in [0.05, 0.1) is 14.8 Å². The molecule has 0 aliphatic heterocycles. The highest BCUT2D eigenvalue weighted by Gasteiger charge is 2.27. The molecule has 9 heteroatoms. The molecule has 6 nitrogen and oxygen atoms in total. The summed E-state index contributed by atoms with van der Waals surface area (Å²) in [5.41, 5.74) is 5.75. The first-order valence-corrected chi connectivity index (χ1v) is 8.97. The normalized spacial score (nSPS) is 12.3. The minimum absolute atomic E-state index is 0.0616. The Labute approximate surface area is 127 Å². The van der Waals surface area contributed by atoms with Crippen LogP contribution in [0.1, 0.15) is 0 Å². The Morgan fingerprint density at radius 1 is 0.857 bits per heavy atom. The Morgan fingerprint density at radius 2 is 1.43 bits per heavy atom. The average molecular weight is 347 g/mol. The van der Waals surface area contributed by atoms with Crippen LogP contribution >= 0.6 is 11.6 Å². The number of sulfone groups is 1. The molecule has 0 unspecified atom stereocenters. The third-order valence-electron chi connectivity index (χ3n) is 2.69. The van der Waals surface area contributed by atoms with Gasteiger partial charge in [0.15, 0.2) is 0 Å². The Bertz CT molecular complexity index is 909. The van der Waals surface area contributed by atoms with Crippen molar-refractivity contribution >= 4 is 37.1 Å². The second-order valence-corrected chi connectivity index (χ2v) is 8.01. The van der Waals surface area contributed by atoms with Crippen molar-refractivity contribution in [2.24, 2.45) is 5.14 Å². The van der Waals surface area contributed by atoms with E-state index >= 15 is 0 Å². The van der Waals surface area contributed by atoms with Crippen LogP contribution in [0.3, 0.4) is 0 Å². The van der Waals surface area contributed by atoms with Gasteiger partial charge in [-0.1, -0.05) is 23.7 Å². The third-order valence-corrected chi connectivity index (χ3v) is 6.08. The zero-order valence-corrected chi connectivity index (χ0v) is 12.9. The number of rotatable bonds is 3. The fraction of sp³-hybridized carbons (Fsp3) is 0. The van der Waals surface area contributed by atoms with E-state index in [4.69, 9.17) is 22.5 Å². The molecule has 0 bridgehead atoms. The van der Waals surface area contributed by atoms with Crippen molar-refractivity contribution in [1.82, 2.24) is 0 Å². The number of sulfonamides is 1. The second kappa shape index (κ2) is 5.30. The number of hydrogen-bond acceptors (Lipinski definition) is 5. The number of nitrogens with two attached hydrogens (primary N) is 2. The van der Waals surface area contributed by atoms with Crippen LogP contribution in [0, 0.1) is 0 Å². The highest BCUT2D eigenvalue weighted by atomic mass is 35.5. The summed E-state index contributed by atoms with van der Waals surface area (Å²) in [6.07, 6.45) is 0. The summed E-state index contributed by atoms with van der Waals surface area (Å²) in [5.74, 6) is 0. The Kier molecular flexibility index (Phi) is 3.98. The van der Waals surface area contributed by atoms with Crippen LogP contribution in [0.15, 0.2) is 57.2 Å². The van der Waals surface area contributed by atoms with Gasteiger partial charge in [-0.2, -0.15) is 0 Å². The van der Waals surface area contributed by atoms with Crippen molar-refractivity contribution < 1.29 is 16.8 Å². The average Bonchev–Trinajstić information content (AvgIpc) is 2.40. The van der Waals surface area contributed by atoms with Crippen LogP contribution in [0.25, 0.3) is 0 Å². The summed E-state index contributed by atoms with van der Waals surface area (Å²) in [6, 6.07) is 8.95. The molecule has 0 saturated heterocycles. The van der Waals surface area contributed by atoms with Crippen LogP contribution in [0.2, 0.25) is 5.02 Å². The maximum atomic E-state index is 12.6. The Balaban J connectivity index is 2.81. The van der Waals surface area contributed by atoms with Gasteiger partial charge in [-0.25, -0.2) is 22.0 Å². The molecule has 2 rings (SSSR count). The molecular weight excluding hydrogens is 336 g/mol. The van der Waals surface area contributed by atoms with Gasteiger partial charge in [-0.3, -0.25) is 0 Å². The summed E-state index contributed by atoms with van der Waals surface area (Å²) < 4.78 is 48.3. The summed E-state index contributed by atoms with van der Waals surface area (Å²) in [5, 5.41) is 4.99. The number of benzene rings is 2. The fourth-order valence-corrected chi connectivity index (χ4v) is 4.91. The van der Waals surface area contributed by atoms with Crippen molar-refractivity contribution in [3.8, 4) is 0 Å².